The highest BCUT2D eigenvalue weighted by Crippen LogP contribution is 2.32. The van der Waals surface area contributed by atoms with E-state index in [2.05, 4.69) is 40.9 Å². The van der Waals surface area contributed by atoms with Gasteiger partial charge in [-0.05, 0) is 43.6 Å². The van der Waals surface area contributed by atoms with Crippen LogP contribution in [0.25, 0.3) is 11.3 Å². The molecular weight excluding hydrogens is 286 g/mol. The number of ether oxygens (including phenoxy) is 1. The predicted molar refractivity (Wildman–Crippen MR) is 92.9 cm³/mol. The van der Waals surface area contributed by atoms with Gasteiger partial charge in [0.25, 0.3) is 0 Å². The van der Waals surface area contributed by atoms with E-state index >= 15 is 0 Å². The van der Waals surface area contributed by atoms with Gasteiger partial charge in [0.1, 0.15) is 5.82 Å². The summed E-state index contributed by atoms with van der Waals surface area (Å²) < 4.78 is 7.59. The molecule has 0 aliphatic heterocycles. The average Bonchev–Trinajstić information content (AvgIpc) is 2.98. The highest BCUT2D eigenvalue weighted by Gasteiger charge is 2.24. The quantitative estimate of drug-likeness (QED) is 0.916. The van der Waals surface area contributed by atoms with E-state index in [1.165, 1.54) is 18.4 Å². The molecule has 2 aromatic rings. The van der Waals surface area contributed by atoms with Crippen molar-refractivity contribution >= 4 is 0 Å². The van der Waals surface area contributed by atoms with Crippen LogP contribution < -0.4 is 5.73 Å². The summed E-state index contributed by atoms with van der Waals surface area (Å²) in [5.74, 6) is 1.67. The van der Waals surface area contributed by atoms with Crippen LogP contribution in [0.3, 0.4) is 0 Å². The number of rotatable bonds is 5. The fourth-order valence-electron chi connectivity index (χ4n) is 3.71. The standard InChI is InChI=1S/C19H27N3O/c1-22-18(15-6-4-3-5-7-15)13-21-19(22)17(20)12-14-8-10-16(23-2)11-9-14/h3-7,13-14,16-17H,8-12,20H2,1-2H3/t14?,16?,17-/m0/s1. The van der Waals surface area contributed by atoms with E-state index in [0.717, 1.165) is 30.8 Å². The molecule has 1 aromatic carbocycles. The summed E-state index contributed by atoms with van der Waals surface area (Å²) in [7, 11) is 3.88. The highest BCUT2D eigenvalue weighted by molar-refractivity contribution is 5.59. The molecule has 0 spiro atoms. The van der Waals surface area contributed by atoms with Crippen LogP contribution in [0.2, 0.25) is 0 Å². The second-order valence-electron chi connectivity index (χ2n) is 6.65. The lowest BCUT2D eigenvalue weighted by atomic mass is 9.83. The predicted octanol–water partition coefficient (Wildman–Crippen LogP) is 3.68. The molecule has 1 aromatic heterocycles. The van der Waals surface area contributed by atoms with E-state index in [1.54, 1.807) is 0 Å². The van der Waals surface area contributed by atoms with E-state index < -0.39 is 0 Å². The molecule has 0 radical (unpaired) electrons. The van der Waals surface area contributed by atoms with Crippen molar-refractivity contribution in [2.45, 2.75) is 44.2 Å². The van der Waals surface area contributed by atoms with E-state index in [4.69, 9.17) is 10.5 Å². The first-order valence-corrected chi connectivity index (χ1v) is 8.54. The molecule has 1 atom stereocenters. The fourth-order valence-corrected chi connectivity index (χ4v) is 3.71. The van der Waals surface area contributed by atoms with Crippen LogP contribution in [0.4, 0.5) is 0 Å². The van der Waals surface area contributed by atoms with Gasteiger partial charge in [-0.1, -0.05) is 30.3 Å². The van der Waals surface area contributed by atoms with Crippen molar-refractivity contribution < 1.29 is 4.74 Å². The number of hydrogen-bond donors (Lipinski definition) is 1. The lowest BCUT2D eigenvalue weighted by Crippen LogP contribution is -2.25. The van der Waals surface area contributed by atoms with Crippen molar-refractivity contribution in [3.63, 3.8) is 0 Å². The number of hydrogen-bond acceptors (Lipinski definition) is 3. The van der Waals surface area contributed by atoms with Gasteiger partial charge >= 0.3 is 0 Å². The summed E-state index contributed by atoms with van der Waals surface area (Å²) in [6, 6.07) is 10.4. The van der Waals surface area contributed by atoms with Gasteiger partial charge in [0.05, 0.1) is 24.0 Å². The average molecular weight is 313 g/mol. The van der Waals surface area contributed by atoms with Crippen LogP contribution in [-0.4, -0.2) is 22.8 Å². The Morgan fingerprint density at radius 3 is 2.57 bits per heavy atom. The van der Waals surface area contributed by atoms with Gasteiger partial charge in [-0.15, -0.1) is 0 Å². The van der Waals surface area contributed by atoms with E-state index in [9.17, 15) is 0 Å². The van der Waals surface area contributed by atoms with Gasteiger partial charge in [0.15, 0.2) is 0 Å². The Morgan fingerprint density at radius 1 is 1.22 bits per heavy atom. The smallest absolute Gasteiger partial charge is 0.125 e. The Labute approximate surface area is 138 Å². The second-order valence-corrected chi connectivity index (χ2v) is 6.65. The fraction of sp³-hybridized carbons (Fsp3) is 0.526. The maximum Gasteiger partial charge on any atom is 0.125 e. The van der Waals surface area contributed by atoms with Crippen LogP contribution in [0.5, 0.6) is 0 Å². The topological polar surface area (TPSA) is 53.1 Å². The molecule has 3 rings (SSSR count). The van der Waals surface area contributed by atoms with Crippen molar-refractivity contribution in [2.24, 2.45) is 18.7 Å². The van der Waals surface area contributed by atoms with E-state index in [-0.39, 0.29) is 6.04 Å². The molecule has 124 valence electrons. The largest absolute Gasteiger partial charge is 0.381 e. The summed E-state index contributed by atoms with van der Waals surface area (Å²) in [4.78, 5) is 4.60. The molecule has 4 nitrogen and oxygen atoms in total. The third kappa shape index (κ3) is 3.65. The van der Waals surface area contributed by atoms with Crippen molar-refractivity contribution in [3.8, 4) is 11.3 Å². The molecule has 0 unspecified atom stereocenters. The summed E-state index contributed by atoms with van der Waals surface area (Å²) in [6.45, 7) is 0. The molecule has 1 saturated carbocycles. The Hall–Kier alpha value is -1.65. The summed E-state index contributed by atoms with van der Waals surface area (Å²) in [6.07, 6.45) is 8.12. The minimum Gasteiger partial charge on any atom is -0.381 e. The second kappa shape index (κ2) is 7.28. The van der Waals surface area contributed by atoms with Crippen molar-refractivity contribution in [1.82, 2.24) is 9.55 Å². The zero-order valence-electron chi connectivity index (χ0n) is 14.1. The molecule has 0 saturated heterocycles. The molecule has 1 fully saturated rings. The number of aromatic nitrogens is 2. The Kier molecular flexibility index (Phi) is 5.13. The lowest BCUT2D eigenvalue weighted by molar-refractivity contribution is 0.0543. The maximum absolute atomic E-state index is 6.47. The number of nitrogens with zero attached hydrogens (tertiary/aromatic N) is 2. The number of methoxy groups -OCH3 is 1. The minimum absolute atomic E-state index is 0.00144. The number of imidazole rings is 1. The molecule has 0 bridgehead atoms. The van der Waals surface area contributed by atoms with Gasteiger partial charge < -0.3 is 15.0 Å². The van der Waals surface area contributed by atoms with Gasteiger partial charge in [0, 0.05) is 14.2 Å². The lowest BCUT2D eigenvalue weighted by Gasteiger charge is -2.29. The molecule has 1 aliphatic carbocycles. The minimum atomic E-state index is 0.00144. The number of benzene rings is 1. The maximum atomic E-state index is 6.47. The first kappa shape index (κ1) is 16.2. The van der Waals surface area contributed by atoms with Crippen LogP contribution in [0.1, 0.15) is 44.0 Å². The Bertz CT molecular complexity index is 615. The normalized spacial score (nSPS) is 22.9. The monoisotopic (exact) mass is 313 g/mol. The van der Waals surface area contributed by atoms with Gasteiger partial charge in [-0.3, -0.25) is 0 Å². The van der Waals surface area contributed by atoms with Crippen molar-refractivity contribution in [2.75, 3.05) is 7.11 Å². The van der Waals surface area contributed by atoms with Gasteiger partial charge in [-0.25, -0.2) is 4.98 Å². The van der Waals surface area contributed by atoms with Crippen LogP contribution in [0.15, 0.2) is 36.5 Å². The third-order valence-corrected chi connectivity index (χ3v) is 5.14. The SMILES string of the molecule is COC1CCC(C[C@H](N)c2ncc(-c3ccccc3)n2C)CC1. The molecule has 4 heteroatoms. The van der Waals surface area contributed by atoms with E-state index in [0.29, 0.717) is 12.0 Å². The van der Waals surface area contributed by atoms with Crippen molar-refractivity contribution in [3.05, 3.63) is 42.4 Å². The van der Waals surface area contributed by atoms with Gasteiger partial charge in [-0.2, -0.15) is 0 Å². The van der Waals surface area contributed by atoms with Crippen LogP contribution >= 0.6 is 0 Å². The number of nitrogens with two attached hydrogens (primary N) is 1. The van der Waals surface area contributed by atoms with Crippen LogP contribution in [0, 0.1) is 5.92 Å². The molecule has 23 heavy (non-hydrogen) atoms. The summed E-state index contributed by atoms with van der Waals surface area (Å²) in [5, 5.41) is 0. The molecule has 2 N–H and O–H groups in total. The third-order valence-electron chi connectivity index (χ3n) is 5.14. The summed E-state index contributed by atoms with van der Waals surface area (Å²) in [5.41, 5.74) is 8.78. The molecule has 1 heterocycles. The molecule has 0 amide bonds. The first-order valence-electron chi connectivity index (χ1n) is 8.54. The highest BCUT2D eigenvalue weighted by atomic mass is 16.5. The van der Waals surface area contributed by atoms with Crippen LogP contribution in [-0.2, 0) is 11.8 Å². The molecular formula is C19H27N3O. The van der Waals surface area contributed by atoms with Gasteiger partial charge in [0.2, 0.25) is 0 Å². The summed E-state index contributed by atoms with van der Waals surface area (Å²) >= 11 is 0. The Balaban J connectivity index is 1.67. The van der Waals surface area contributed by atoms with E-state index in [1.807, 2.05) is 19.4 Å². The Morgan fingerprint density at radius 2 is 1.91 bits per heavy atom. The first-order chi connectivity index (χ1) is 11.2. The molecule has 1 aliphatic rings. The zero-order valence-corrected chi connectivity index (χ0v) is 14.1. The zero-order chi connectivity index (χ0) is 16.2. The van der Waals surface area contributed by atoms with Crippen molar-refractivity contribution in [1.29, 1.82) is 0 Å².